The molecule has 3 heterocycles. The van der Waals surface area contributed by atoms with Crippen LogP contribution < -0.4 is 4.90 Å². The van der Waals surface area contributed by atoms with Crippen molar-refractivity contribution >= 4 is 18.0 Å². The maximum atomic E-state index is 11.9. The lowest BCUT2D eigenvalue weighted by Crippen LogP contribution is -2.39. The van der Waals surface area contributed by atoms with E-state index in [4.69, 9.17) is 4.74 Å². The molecule has 0 N–H and O–H groups in total. The van der Waals surface area contributed by atoms with Gasteiger partial charge >= 0.3 is 6.09 Å². The molecule has 0 unspecified atom stereocenters. The van der Waals surface area contributed by atoms with Crippen LogP contribution in [0.1, 0.15) is 51.5 Å². The molecule has 0 aliphatic carbocycles. The average molecular weight is 357 g/mol. The lowest BCUT2D eigenvalue weighted by Gasteiger charge is -2.30. The van der Waals surface area contributed by atoms with Gasteiger partial charge in [-0.2, -0.15) is 0 Å². The summed E-state index contributed by atoms with van der Waals surface area (Å²) in [5, 5.41) is 0. The average Bonchev–Trinajstić information content (AvgIpc) is 2.67. The summed E-state index contributed by atoms with van der Waals surface area (Å²) in [7, 11) is 0. The largest absolute Gasteiger partial charge is 0.447 e. The molecule has 2 aliphatic heterocycles. The van der Waals surface area contributed by atoms with Crippen molar-refractivity contribution in [2.24, 2.45) is 5.92 Å². The highest BCUT2D eigenvalue weighted by Crippen LogP contribution is 2.21. The van der Waals surface area contributed by atoms with E-state index in [0.717, 1.165) is 50.4 Å². The zero-order chi connectivity index (χ0) is 18.4. The van der Waals surface area contributed by atoms with E-state index in [2.05, 4.69) is 34.2 Å². The summed E-state index contributed by atoms with van der Waals surface area (Å²) in [5.41, 5.74) is 1.15. The van der Waals surface area contributed by atoms with Gasteiger partial charge in [-0.1, -0.05) is 12.2 Å². The zero-order valence-corrected chi connectivity index (χ0v) is 16.1. The fourth-order valence-electron chi connectivity index (χ4n) is 3.60. The Bertz CT molecular complexity index is 598. The smallest absolute Gasteiger partial charge is 0.410 e. The van der Waals surface area contributed by atoms with E-state index in [0.29, 0.717) is 5.92 Å². The standard InChI is InChI=1S/C21H31N3O2/c1-17(2)26-21(25)24-14-10-18(11-15-24)6-7-19-8-9-20(22-16-19)23-12-4-3-5-13-23/h6-9,16-18H,3-5,10-15H2,1-2H3/b7-6+. The van der Waals surface area contributed by atoms with E-state index in [1.54, 1.807) is 0 Å². The summed E-state index contributed by atoms with van der Waals surface area (Å²) in [6.07, 6.45) is 12.0. The topological polar surface area (TPSA) is 45.7 Å². The molecule has 5 heteroatoms. The van der Waals surface area contributed by atoms with Crippen LogP contribution in [0, 0.1) is 5.92 Å². The summed E-state index contributed by atoms with van der Waals surface area (Å²) >= 11 is 0. The van der Waals surface area contributed by atoms with Crippen LogP contribution in [-0.2, 0) is 4.74 Å². The lowest BCUT2D eigenvalue weighted by molar-refractivity contribution is 0.0679. The van der Waals surface area contributed by atoms with E-state index >= 15 is 0 Å². The second-order valence-corrected chi connectivity index (χ2v) is 7.61. The van der Waals surface area contributed by atoms with Crippen molar-refractivity contribution in [2.45, 2.75) is 52.1 Å². The third-order valence-electron chi connectivity index (χ3n) is 5.15. The van der Waals surface area contributed by atoms with Crippen molar-refractivity contribution in [2.75, 3.05) is 31.1 Å². The first-order valence-electron chi connectivity index (χ1n) is 9.96. The number of amides is 1. The van der Waals surface area contributed by atoms with Crippen molar-refractivity contribution in [3.8, 4) is 0 Å². The van der Waals surface area contributed by atoms with Gasteiger partial charge in [0.25, 0.3) is 0 Å². The second kappa shape index (κ2) is 9.06. The minimum atomic E-state index is -0.181. The number of aromatic nitrogens is 1. The number of hydrogen-bond acceptors (Lipinski definition) is 4. The first kappa shape index (κ1) is 18.7. The number of carbonyl (C=O) groups excluding carboxylic acids is 1. The number of nitrogens with zero attached hydrogens (tertiary/aromatic N) is 3. The Balaban J connectivity index is 1.47. The Morgan fingerprint density at radius 2 is 1.88 bits per heavy atom. The van der Waals surface area contributed by atoms with E-state index in [1.807, 2.05) is 24.9 Å². The normalized spacial score (nSPS) is 19.3. The molecule has 2 saturated heterocycles. The summed E-state index contributed by atoms with van der Waals surface area (Å²) in [5.74, 6) is 1.61. The molecule has 0 aromatic carbocycles. The highest BCUT2D eigenvalue weighted by molar-refractivity contribution is 5.67. The first-order valence-corrected chi connectivity index (χ1v) is 9.96. The monoisotopic (exact) mass is 357 g/mol. The molecule has 0 radical (unpaired) electrons. The number of anilines is 1. The third-order valence-corrected chi connectivity index (χ3v) is 5.15. The predicted molar refractivity (Wildman–Crippen MR) is 105 cm³/mol. The van der Waals surface area contributed by atoms with Crippen LogP contribution >= 0.6 is 0 Å². The molecule has 1 aromatic rings. The van der Waals surface area contributed by atoms with Crippen molar-refractivity contribution in [1.82, 2.24) is 9.88 Å². The first-order chi connectivity index (χ1) is 12.6. The number of piperidine rings is 2. The predicted octanol–water partition coefficient (Wildman–Crippen LogP) is 4.34. The molecule has 142 valence electrons. The summed E-state index contributed by atoms with van der Waals surface area (Å²) in [4.78, 5) is 20.8. The summed E-state index contributed by atoms with van der Waals surface area (Å²) in [6, 6.07) is 4.29. The maximum absolute atomic E-state index is 11.9. The van der Waals surface area contributed by atoms with Crippen LogP contribution in [0.25, 0.3) is 6.08 Å². The third kappa shape index (κ3) is 5.23. The number of pyridine rings is 1. The molecule has 0 atom stereocenters. The Kier molecular flexibility index (Phi) is 6.53. The van der Waals surface area contributed by atoms with E-state index < -0.39 is 0 Å². The van der Waals surface area contributed by atoms with Gasteiger partial charge in [0.2, 0.25) is 0 Å². The molecule has 5 nitrogen and oxygen atoms in total. The van der Waals surface area contributed by atoms with Gasteiger partial charge < -0.3 is 14.5 Å². The molecule has 2 fully saturated rings. The van der Waals surface area contributed by atoms with Gasteiger partial charge in [-0.3, -0.25) is 0 Å². The second-order valence-electron chi connectivity index (χ2n) is 7.61. The Morgan fingerprint density at radius 1 is 1.15 bits per heavy atom. The van der Waals surface area contributed by atoms with Gasteiger partial charge in [-0.15, -0.1) is 0 Å². The molecular weight excluding hydrogens is 326 g/mol. The molecule has 0 spiro atoms. The van der Waals surface area contributed by atoms with E-state index in [-0.39, 0.29) is 12.2 Å². The van der Waals surface area contributed by atoms with Crippen LogP contribution in [-0.4, -0.2) is 48.3 Å². The highest BCUT2D eigenvalue weighted by atomic mass is 16.6. The molecular formula is C21H31N3O2. The van der Waals surface area contributed by atoms with Gasteiger partial charge in [0.15, 0.2) is 0 Å². The number of allylic oxidation sites excluding steroid dienone is 1. The quantitative estimate of drug-likeness (QED) is 0.804. The van der Waals surface area contributed by atoms with Gasteiger partial charge in [0.05, 0.1) is 6.10 Å². The Hall–Kier alpha value is -2.04. The lowest BCUT2D eigenvalue weighted by atomic mass is 9.96. The Labute approximate surface area is 157 Å². The summed E-state index contributed by atoms with van der Waals surface area (Å²) in [6.45, 7) is 7.56. The Morgan fingerprint density at radius 3 is 2.50 bits per heavy atom. The van der Waals surface area contributed by atoms with Gasteiger partial charge in [-0.25, -0.2) is 9.78 Å². The number of likely N-dealkylation sites (tertiary alicyclic amines) is 1. The van der Waals surface area contributed by atoms with Crippen LogP contribution in [0.15, 0.2) is 24.4 Å². The van der Waals surface area contributed by atoms with Crippen LogP contribution in [0.3, 0.4) is 0 Å². The highest BCUT2D eigenvalue weighted by Gasteiger charge is 2.22. The van der Waals surface area contributed by atoms with Gasteiger partial charge in [-0.05, 0) is 69.6 Å². The zero-order valence-electron chi connectivity index (χ0n) is 16.1. The molecule has 3 rings (SSSR count). The van der Waals surface area contributed by atoms with Crippen LogP contribution in [0.2, 0.25) is 0 Å². The van der Waals surface area contributed by atoms with E-state index in [9.17, 15) is 4.79 Å². The molecule has 0 saturated carbocycles. The van der Waals surface area contributed by atoms with Gasteiger partial charge in [0, 0.05) is 32.4 Å². The summed E-state index contributed by atoms with van der Waals surface area (Å²) < 4.78 is 5.27. The SMILES string of the molecule is CC(C)OC(=O)N1CCC(/C=C/c2ccc(N3CCCCC3)nc2)CC1. The minimum Gasteiger partial charge on any atom is -0.447 e. The molecule has 26 heavy (non-hydrogen) atoms. The number of hydrogen-bond donors (Lipinski definition) is 0. The molecule has 2 aliphatic rings. The maximum Gasteiger partial charge on any atom is 0.410 e. The van der Waals surface area contributed by atoms with Gasteiger partial charge in [0.1, 0.15) is 5.82 Å². The van der Waals surface area contributed by atoms with Crippen LogP contribution in [0.4, 0.5) is 10.6 Å². The van der Waals surface area contributed by atoms with Crippen molar-refractivity contribution < 1.29 is 9.53 Å². The fourth-order valence-corrected chi connectivity index (χ4v) is 3.60. The van der Waals surface area contributed by atoms with Crippen molar-refractivity contribution in [3.05, 3.63) is 30.0 Å². The number of rotatable bonds is 4. The number of ether oxygens (including phenoxy) is 1. The molecule has 1 aromatic heterocycles. The van der Waals surface area contributed by atoms with Crippen molar-refractivity contribution in [3.63, 3.8) is 0 Å². The molecule has 1 amide bonds. The van der Waals surface area contributed by atoms with Crippen LogP contribution in [0.5, 0.6) is 0 Å². The van der Waals surface area contributed by atoms with Crippen molar-refractivity contribution in [1.29, 1.82) is 0 Å². The fraction of sp³-hybridized carbons (Fsp3) is 0.619. The molecule has 0 bridgehead atoms. The van der Waals surface area contributed by atoms with E-state index in [1.165, 1.54) is 19.3 Å². The minimum absolute atomic E-state index is 0.0551. The number of carbonyl (C=O) groups is 1.